The Kier molecular flexibility index (Phi) is 3.41. The van der Waals surface area contributed by atoms with Gasteiger partial charge < -0.3 is 10.5 Å². The van der Waals surface area contributed by atoms with E-state index in [1.165, 1.54) is 6.07 Å². The summed E-state index contributed by atoms with van der Waals surface area (Å²) in [6.45, 7) is 5.85. The number of morpholine rings is 1. The van der Waals surface area contributed by atoms with Crippen LogP contribution in [0, 0.1) is 12.7 Å². The molecule has 2 N–H and O–H groups in total. The van der Waals surface area contributed by atoms with Gasteiger partial charge in [0.15, 0.2) is 0 Å². The first kappa shape index (κ1) is 11.4. The third-order valence-corrected chi connectivity index (χ3v) is 2.97. The van der Waals surface area contributed by atoms with Gasteiger partial charge in [0.2, 0.25) is 0 Å². The lowest BCUT2D eigenvalue weighted by atomic mass is 10.1. The van der Waals surface area contributed by atoms with Crippen LogP contribution in [0.2, 0.25) is 0 Å². The molecule has 0 unspecified atom stereocenters. The lowest BCUT2D eigenvalue weighted by molar-refractivity contribution is 0.0341. The van der Waals surface area contributed by atoms with E-state index >= 15 is 0 Å². The molecule has 1 aliphatic heterocycles. The first-order valence-electron chi connectivity index (χ1n) is 5.51. The van der Waals surface area contributed by atoms with E-state index in [9.17, 15) is 4.39 Å². The highest BCUT2D eigenvalue weighted by molar-refractivity contribution is 5.45. The lowest BCUT2D eigenvalue weighted by Crippen LogP contribution is -2.35. The standard InChI is InChI=1S/C12H17FN2O/c1-9-10(6-11(14)7-12(9)13)8-15-2-4-16-5-3-15/h6-7H,2-5,8,14H2,1H3. The fraction of sp³-hybridized carbons (Fsp3) is 0.500. The quantitative estimate of drug-likeness (QED) is 0.775. The normalized spacial score (nSPS) is 17.6. The van der Waals surface area contributed by atoms with Gasteiger partial charge in [0.25, 0.3) is 0 Å². The summed E-state index contributed by atoms with van der Waals surface area (Å²) in [5.41, 5.74) is 7.81. The number of hydrogen-bond acceptors (Lipinski definition) is 3. The van der Waals surface area contributed by atoms with Gasteiger partial charge in [0, 0.05) is 25.3 Å². The fourth-order valence-electron chi connectivity index (χ4n) is 1.92. The van der Waals surface area contributed by atoms with Crippen LogP contribution in [0.1, 0.15) is 11.1 Å². The highest BCUT2D eigenvalue weighted by Gasteiger charge is 2.13. The minimum atomic E-state index is -0.219. The van der Waals surface area contributed by atoms with E-state index in [1.807, 2.05) is 6.07 Å². The Morgan fingerprint density at radius 3 is 2.75 bits per heavy atom. The first-order valence-corrected chi connectivity index (χ1v) is 5.51. The number of benzene rings is 1. The van der Waals surface area contributed by atoms with Gasteiger partial charge in [-0.25, -0.2) is 4.39 Å². The minimum absolute atomic E-state index is 0.219. The molecule has 3 nitrogen and oxygen atoms in total. The van der Waals surface area contributed by atoms with Crippen molar-refractivity contribution in [1.29, 1.82) is 0 Å². The highest BCUT2D eigenvalue weighted by atomic mass is 19.1. The molecule has 1 aromatic rings. The monoisotopic (exact) mass is 224 g/mol. The van der Waals surface area contributed by atoms with Gasteiger partial charge in [-0.3, -0.25) is 4.90 Å². The molecular weight excluding hydrogens is 207 g/mol. The molecule has 0 bridgehead atoms. The summed E-state index contributed by atoms with van der Waals surface area (Å²) in [5, 5.41) is 0. The van der Waals surface area contributed by atoms with E-state index in [0.29, 0.717) is 11.3 Å². The Hall–Kier alpha value is -1.13. The van der Waals surface area contributed by atoms with Crippen molar-refractivity contribution in [3.8, 4) is 0 Å². The van der Waals surface area contributed by atoms with Crippen molar-refractivity contribution in [2.45, 2.75) is 13.5 Å². The van der Waals surface area contributed by atoms with Crippen molar-refractivity contribution in [3.63, 3.8) is 0 Å². The summed E-state index contributed by atoms with van der Waals surface area (Å²) >= 11 is 0. The molecule has 1 aromatic carbocycles. The van der Waals surface area contributed by atoms with E-state index < -0.39 is 0 Å². The van der Waals surface area contributed by atoms with Crippen LogP contribution in [0.15, 0.2) is 12.1 Å². The molecule has 1 saturated heterocycles. The average molecular weight is 224 g/mol. The summed E-state index contributed by atoms with van der Waals surface area (Å²) in [6.07, 6.45) is 0. The van der Waals surface area contributed by atoms with Gasteiger partial charge in [-0.2, -0.15) is 0 Å². The summed E-state index contributed by atoms with van der Waals surface area (Å²) < 4.78 is 18.7. The Balaban J connectivity index is 2.13. The predicted molar refractivity (Wildman–Crippen MR) is 61.6 cm³/mol. The number of hydrogen-bond donors (Lipinski definition) is 1. The number of halogens is 1. The summed E-state index contributed by atoms with van der Waals surface area (Å²) in [4.78, 5) is 2.25. The average Bonchev–Trinajstić information content (AvgIpc) is 2.27. The molecule has 88 valence electrons. The zero-order valence-corrected chi connectivity index (χ0v) is 9.50. The second-order valence-electron chi connectivity index (χ2n) is 4.18. The highest BCUT2D eigenvalue weighted by Crippen LogP contribution is 2.19. The molecule has 0 aromatic heterocycles. The summed E-state index contributed by atoms with van der Waals surface area (Å²) in [5.74, 6) is -0.219. The Morgan fingerprint density at radius 1 is 1.38 bits per heavy atom. The second-order valence-corrected chi connectivity index (χ2v) is 4.18. The molecule has 16 heavy (non-hydrogen) atoms. The van der Waals surface area contributed by atoms with Gasteiger partial charge in [0.05, 0.1) is 13.2 Å². The van der Waals surface area contributed by atoms with E-state index in [4.69, 9.17) is 10.5 Å². The van der Waals surface area contributed by atoms with Crippen molar-refractivity contribution in [2.24, 2.45) is 0 Å². The molecule has 0 spiro atoms. The Bertz CT molecular complexity index is 376. The maximum Gasteiger partial charge on any atom is 0.128 e. The first-order chi connectivity index (χ1) is 7.66. The molecule has 1 aliphatic rings. The molecule has 0 radical (unpaired) electrons. The van der Waals surface area contributed by atoms with E-state index in [2.05, 4.69) is 4.90 Å². The Morgan fingerprint density at radius 2 is 2.06 bits per heavy atom. The Labute approximate surface area is 95.0 Å². The van der Waals surface area contributed by atoms with E-state index in [-0.39, 0.29) is 5.82 Å². The molecule has 1 fully saturated rings. The van der Waals surface area contributed by atoms with Crippen molar-refractivity contribution < 1.29 is 9.13 Å². The van der Waals surface area contributed by atoms with Gasteiger partial charge in [-0.15, -0.1) is 0 Å². The SMILES string of the molecule is Cc1c(F)cc(N)cc1CN1CCOCC1. The van der Waals surface area contributed by atoms with Gasteiger partial charge in [-0.05, 0) is 30.2 Å². The number of ether oxygens (including phenoxy) is 1. The van der Waals surface area contributed by atoms with Crippen LogP contribution in [0.25, 0.3) is 0 Å². The van der Waals surface area contributed by atoms with Crippen molar-refractivity contribution in [3.05, 3.63) is 29.1 Å². The number of nitrogens with zero attached hydrogens (tertiary/aromatic N) is 1. The zero-order valence-electron chi connectivity index (χ0n) is 9.50. The molecule has 4 heteroatoms. The molecule has 0 atom stereocenters. The molecule has 0 saturated carbocycles. The number of anilines is 1. The van der Waals surface area contributed by atoms with Crippen molar-refractivity contribution in [2.75, 3.05) is 32.0 Å². The minimum Gasteiger partial charge on any atom is -0.399 e. The maximum absolute atomic E-state index is 13.5. The van der Waals surface area contributed by atoms with Crippen LogP contribution in [-0.2, 0) is 11.3 Å². The van der Waals surface area contributed by atoms with Crippen LogP contribution in [0.4, 0.5) is 10.1 Å². The largest absolute Gasteiger partial charge is 0.399 e. The topological polar surface area (TPSA) is 38.5 Å². The molecule has 1 heterocycles. The number of nitrogen functional groups attached to an aromatic ring is 1. The smallest absolute Gasteiger partial charge is 0.128 e. The number of rotatable bonds is 2. The van der Waals surface area contributed by atoms with Crippen LogP contribution in [-0.4, -0.2) is 31.2 Å². The van der Waals surface area contributed by atoms with Crippen LogP contribution >= 0.6 is 0 Å². The van der Waals surface area contributed by atoms with Crippen LogP contribution in [0.5, 0.6) is 0 Å². The molecule has 0 amide bonds. The van der Waals surface area contributed by atoms with Crippen molar-refractivity contribution in [1.82, 2.24) is 4.90 Å². The number of nitrogens with two attached hydrogens (primary N) is 1. The summed E-state index contributed by atoms with van der Waals surface area (Å²) in [7, 11) is 0. The van der Waals surface area contributed by atoms with Gasteiger partial charge >= 0.3 is 0 Å². The fourth-order valence-corrected chi connectivity index (χ4v) is 1.92. The maximum atomic E-state index is 13.5. The van der Waals surface area contributed by atoms with Crippen molar-refractivity contribution >= 4 is 5.69 Å². The van der Waals surface area contributed by atoms with E-state index in [1.54, 1.807) is 6.92 Å². The van der Waals surface area contributed by atoms with Gasteiger partial charge in [-0.1, -0.05) is 0 Å². The third kappa shape index (κ3) is 2.51. The zero-order chi connectivity index (χ0) is 11.5. The molecule has 2 rings (SSSR count). The molecule has 0 aliphatic carbocycles. The van der Waals surface area contributed by atoms with Crippen LogP contribution in [0.3, 0.4) is 0 Å². The van der Waals surface area contributed by atoms with Crippen LogP contribution < -0.4 is 5.73 Å². The van der Waals surface area contributed by atoms with Gasteiger partial charge in [0.1, 0.15) is 5.82 Å². The van der Waals surface area contributed by atoms with E-state index in [0.717, 1.165) is 38.4 Å². The summed E-state index contributed by atoms with van der Waals surface area (Å²) in [6, 6.07) is 3.23. The molecular formula is C12H17FN2O. The lowest BCUT2D eigenvalue weighted by Gasteiger charge is -2.27. The third-order valence-electron chi connectivity index (χ3n) is 2.97. The predicted octanol–water partition coefficient (Wildman–Crippen LogP) is 1.55. The second kappa shape index (κ2) is 4.80.